The summed E-state index contributed by atoms with van der Waals surface area (Å²) in [6.07, 6.45) is 3.46. The molecule has 1 aliphatic rings. The largest absolute Gasteiger partial charge is 0.464 e. The molecule has 2 heterocycles. The van der Waals surface area contributed by atoms with Crippen molar-refractivity contribution < 1.29 is 9.53 Å². The SMILES string of the molecule is CCOC(=O)C1(c2cc3ccccc3[nH]2)C=CNN1. The Morgan fingerprint density at radius 2 is 2.21 bits per heavy atom. The first-order valence-electron chi connectivity index (χ1n) is 6.22. The van der Waals surface area contributed by atoms with Crippen LogP contribution in [0, 0.1) is 0 Å². The third-order valence-electron chi connectivity index (χ3n) is 3.24. The topological polar surface area (TPSA) is 66.2 Å². The number of esters is 1. The standard InChI is InChI=1S/C14H15N3O2/c1-2-19-13(18)14(7-8-15-17-14)12-9-10-5-3-4-6-11(10)16-12/h3-9,15-17H,2H2,1H3. The lowest BCUT2D eigenvalue weighted by molar-refractivity contribution is -0.149. The molecule has 1 unspecified atom stereocenters. The van der Waals surface area contributed by atoms with E-state index in [1.807, 2.05) is 30.3 Å². The van der Waals surface area contributed by atoms with E-state index in [1.165, 1.54) is 0 Å². The van der Waals surface area contributed by atoms with Crippen molar-refractivity contribution in [2.24, 2.45) is 0 Å². The third-order valence-corrected chi connectivity index (χ3v) is 3.24. The summed E-state index contributed by atoms with van der Waals surface area (Å²) < 4.78 is 5.17. The van der Waals surface area contributed by atoms with E-state index >= 15 is 0 Å². The van der Waals surface area contributed by atoms with E-state index < -0.39 is 5.54 Å². The Morgan fingerprint density at radius 1 is 1.37 bits per heavy atom. The van der Waals surface area contributed by atoms with Crippen LogP contribution in [-0.4, -0.2) is 17.6 Å². The van der Waals surface area contributed by atoms with Crippen LogP contribution >= 0.6 is 0 Å². The van der Waals surface area contributed by atoms with Gasteiger partial charge in [-0.3, -0.25) is 0 Å². The fourth-order valence-electron chi connectivity index (χ4n) is 2.28. The van der Waals surface area contributed by atoms with Gasteiger partial charge in [0, 0.05) is 11.7 Å². The van der Waals surface area contributed by atoms with Gasteiger partial charge in [-0.15, -0.1) is 0 Å². The fourth-order valence-corrected chi connectivity index (χ4v) is 2.28. The van der Waals surface area contributed by atoms with Crippen LogP contribution < -0.4 is 10.9 Å². The molecule has 0 saturated carbocycles. The van der Waals surface area contributed by atoms with Crippen LogP contribution in [0.1, 0.15) is 12.6 Å². The molecule has 3 rings (SSSR count). The quantitative estimate of drug-likeness (QED) is 0.730. The number of ether oxygens (including phenoxy) is 1. The highest BCUT2D eigenvalue weighted by atomic mass is 16.5. The Hall–Kier alpha value is -2.27. The zero-order valence-corrected chi connectivity index (χ0v) is 10.6. The van der Waals surface area contributed by atoms with Gasteiger partial charge in [-0.25, -0.2) is 10.2 Å². The van der Waals surface area contributed by atoms with Gasteiger partial charge in [-0.05, 0) is 30.5 Å². The van der Waals surface area contributed by atoms with Crippen LogP contribution in [0.3, 0.4) is 0 Å². The number of aromatic amines is 1. The number of benzene rings is 1. The summed E-state index contributed by atoms with van der Waals surface area (Å²) >= 11 is 0. The Bertz CT molecular complexity index is 614. The Morgan fingerprint density at radius 3 is 2.89 bits per heavy atom. The molecule has 0 bridgehead atoms. The van der Waals surface area contributed by atoms with Crippen LogP contribution in [0.25, 0.3) is 10.9 Å². The highest BCUT2D eigenvalue weighted by molar-refractivity contribution is 5.89. The summed E-state index contributed by atoms with van der Waals surface area (Å²) in [6.45, 7) is 2.14. The number of carbonyl (C=O) groups is 1. The summed E-state index contributed by atoms with van der Waals surface area (Å²) in [4.78, 5) is 15.5. The molecular weight excluding hydrogens is 242 g/mol. The van der Waals surface area contributed by atoms with Gasteiger partial charge in [0.05, 0.1) is 12.3 Å². The molecule has 0 spiro atoms. The summed E-state index contributed by atoms with van der Waals surface area (Å²) in [5.74, 6) is -0.331. The summed E-state index contributed by atoms with van der Waals surface area (Å²) in [7, 11) is 0. The molecule has 0 saturated heterocycles. The number of fused-ring (bicyclic) bond motifs is 1. The predicted molar refractivity (Wildman–Crippen MR) is 72.0 cm³/mol. The normalized spacial score (nSPS) is 21.5. The molecule has 1 atom stereocenters. The number of H-pyrrole nitrogens is 1. The van der Waals surface area contributed by atoms with E-state index in [4.69, 9.17) is 4.74 Å². The summed E-state index contributed by atoms with van der Waals surface area (Å²) in [5.41, 5.74) is 6.56. The highest BCUT2D eigenvalue weighted by Gasteiger charge is 2.43. The van der Waals surface area contributed by atoms with Gasteiger partial charge in [0.2, 0.25) is 0 Å². The van der Waals surface area contributed by atoms with Gasteiger partial charge >= 0.3 is 5.97 Å². The maximum Gasteiger partial charge on any atom is 0.338 e. The number of para-hydroxylation sites is 1. The average molecular weight is 257 g/mol. The molecule has 0 aliphatic carbocycles. The first-order valence-corrected chi connectivity index (χ1v) is 6.22. The molecule has 3 N–H and O–H groups in total. The Labute approximate surface area is 110 Å². The van der Waals surface area contributed by atoms with Gasteiger partial charge in [-0.2, -0.15) is 0 Å². The minimum absolute atomic E-state index is 0.331. The first kappa shape index (κ1) is 11.8. The van der Waals surface area contributed by atoms with Crippen LogP contribution in [0.2, 0.25) is 0 Å². The molecule has 1 aliphatic heterocycles. The second kappa shape index (κ2) is 4.44. The number of rotatable bonds is 3. The van der Waals surface area contributed by atoms with Gasteiger partial charge < -0.3 is 15.1 Å². The third kappa shape index (κ3) is 1.79. The molecule has 0 amide bonds. The van der Waals surface area contributed by atoms with Crippen LogP contribution in [-0.2, 0) is 15.1 Å². The number of nitrogens with one attached hydrogen (secondary N) is 3. The van der Waals surface area contributed by atoms with Crippen molar-refractivity contribution in [3.63, 3.8) is 0 Å². The summed E-state index contributed by atoms with van der Waals surface area (Å²) in [6, 6.07) is 9.85. The van der Waals surface area contributed by atoms with E-state index in [0.29, 0.717) is 6.61 Å². The molecule has 0 radical (unpaired) electrons. The minimum Gasteiger partial charge on any atom is -0.464 e. The molecule has 1 aromatic carbocycles. The number of carbonyl (C=O) groups excluding carboxylic acids is 1. The molecule has 5 heteroatoms. The number of aromatic nitrogens is 1. The zero-order chi connectivity index (χ0) is 13.3. The van der Waals surface area contributed by atoms with Crippen molar-refractivity contribution in [3.05, 3.63) is 48.3 Å². The second-order valence-corrected chi connectivity index (χ2v) is 4.40. The lowest BCUT2D eigenvalue weighted by Crippen LogP contribution is -2.49. The monoisotopic (exact) mass is 257 g/mol. The summed E-state index contributed by atoms with van der Waals surface area (Å²) in [5, 5.41) is 1.06. The van der Waals surface area contributed by atoms with Crippen LogP contribution in [0.15, 0.2) is 42.6 Å². The van der Waals surface area contributed by atoms with Crippen molar-refractivity contribution in [1.82, 2.24) is 15.8 Å². The zero-order valence-electron chi connectivity index (χ0n) is 10.6. The van der Waals surface area contributed by atoms with Crippen molar-refractivity contribution in [3.8, 4) is 0 Å². The Balaban J connectivity index is 2.09. The lowest BCUT2D eigenvalue weighted by atomic mass is 9.97. The molecule has 1 aromatic heterocycles. The smallest absolute Gasteiger partial charge is 0.338 e. The highest BCUT2D eigenvalue weighted by Crippen LogP contribution is 2.28. The minimum atomic E-state index is -0.991. The Kier molecular flexibility index (Phi) is 2.76. The van der Waals surface area contributed by atoms with Crippen molar-refractivity contribution in [2.75, 3.05) is 6.61 Å². The fraction of sp³-hybridized carbons (Fsp3) is 0.214. The maximum absolute atomic E-state index is 12.2. The van der Waals surface area contributed by atoms with Gasteiger partial charge in [0.15, 0.2) is 5.54 Å². The molecule has 98 valence electrons. The average Bonchev–Trinajstić information content (AvgIpc) is 3.06. The maximum atomic E-state index is 12.2. The van der Waals surface area contributed by atoms with Gasteiger partial charge in [0.25, 0.3) is 0 Å². The van der Waals surface area contributed by atoms with Crippen molar-refractivity contribution in [2.45, 2.75) is 12.5 Å². The number of hydrogen-bond acceptors (Lipinski definition) is 4. The van der Waals surface area contributed by atoms with E-state index in [0.717, 1.165) is 16.6 Å². The first-order chi connectivity index (χ1) is 9.26. The predicted octanol–water partition coefficient (Wildman–Crippen LogP) is 1.55. The second-order valence-electron chi connectivity index (χ2n) is 4.40. The van der Waals surface area contributed by atoms with E-state index in [1.54, 1.807) is 19.2 Å². The number of hydrazine groups is 1. The number of hydrogen-bond donors (Lipinski definition) is 3. The van der Waals surface area contributed by atoms with Gasteiger partial charge in [-0.1, -0.05) is 18.2 Å². The lowest BCUT2D eigenvalue weighted by Gasteiger charge is -2.23. The van der Waals surface area contributed by atoms with E-state index in [2.05, 4.69) is 15.8 Å². The molecule has 2 aromatic rings. The van der Waals surface area contributed by atoms with E-state index in [9.17, 15) is 4.79 Å². The van der Waals surface area contributed by atoms with Crippen molar-refractivity contribution in [1.29, 1.82) is 0 Å². The van der Waals surface area contributed by atoms with Crippen LogP contribution in [0.5, 0.6) is 0 Å². The van der Waals surface area contributed by atoms with Crippen molar-refractivity contribution >= 4 is 16.9 Å². The molecular formula is C14H15N3O2. The van der Waals surface area contributed by atoms with Gasteiger partial charge in [0.1, 0.15) is 0 Å². The molecule has 0 fully saturated rings. The molecule has 19 heavy (non-hydrogen) atoms. The van der Waals surface area contributed by atoms with Crippen LogP contribution in [0.4, 0.5) is 0 Å². The molecule has 5 nitrogen and oxygen atoms in total. The van der Waals surface area contributed by atoms with E-state index in [-0.39, 0.29) is 5.97 Å².